The summed E-state index contributed by atoms with van der Waals surface area (Å²) in [4.78, 5) is 11.8. The third kappa shape index (κ3) is 4.45. The Balaban J connectivity index is 1.65. The van der Waals surface area contributed by atoms with E-state index in [0.29, 0.717) is 6.61 Å². The molecule has 0 amide bonds. The quantitative estimate of drug-likeness (QED) is 0.444. The highest BCUT2D eigenvalue weighted by Crippen LogP contribution is 2.41. The molecule has 1 aromatic carbocycles. The fourth-order valence-electron chi connectivity index (χ4n) is 4.05. The first-order valence-corrected chi connectivity index (χ1v) is 11.4. The van der Waals surface area contributed by atoms with E-state index in [9.17, 15) is 0 Å². The maximum atomic E-state index is 5.61. The number of anilines is 1. The highest BCUT2D eigenvalue weighted by molar-refractivity contribution is 7.19. The monoisotopic (exact) mass is 407 g/mol. The largest absolute Gasteiger partial charge is 0.494 e. The number of aromatic nitrogens is 2. The van der Waals surface area contributed by atoms with Crippen molar-refractivity contribution in [2.45, 2.75) is 52.9 Å². The Labute approximate surface area is 177 Å². The van der Waals surface area contributed by atoms with Gasteiger partial charge in [0.1, 0.15) is 22.2 Å². The van der Waals surface area contributed by atoms with Crippen LogP contribution in [-0.4, -0.2) is 23.1 Å². The molecular weight excluding hydrogens is 378 g/mol. The van der Waals surface area contributed by atoms with Gasteiger partial charge in [0.05, 0.1) is 12.0 Å². The first kappa shape index (κ1) is 19.9. The lowest BCUT2D eigenvalue weighted by molar-refractivity contribution is 0.340. The van der Waals surface area contributed by atoms with E-state index >= 15 is 0 Å². The van der Waals surface area contributed by atoms with Crippen LogP contribution in [0.15, 0.2) is 35.9 Å². The zero-order valence-electron chi connectivity index (χ0n) is 17.5. The molecule has 1 N–H and O–H groups in total. The SMILES string of the molecule is CCOc1ccc(-c2c(C)sc3nc(C)nc(NCCC4=CCCCC4)c23)cc1. The summed E-state index contributed by atoms with van der Waals surface area (Å²) in [5.74, 6) is 2.67. The van der Waals surface area contributed by atoms with E-state index in [-0.39, 0.29) is 0 Å². The molecule has 5 heteroatoms. The molecule has 0 saturated heterocycles. The number of allylic oxidation sites excluding steroid dienone is 1. The summed E-state index contributed by atoms with van der Waals surface area (Å²) in [5, 5.41) is 4.76. The summed E-state index contributed by atoms with van der Waals surface area (Å²) in [6, 6.07) is 8.35. The van der Waals surface area contributed by atoms with Gasteiger partial charge < -0.3 is 10.1 Å². The van der Waals surface area contributed by atoms with Gasteiger partial charge in [-0.1, -0.05) is 23.8 Å². The molecule has 1 aliphatic carbocycles. The maximum absolute atomic E-state index is 5.61. The van der Waals surface area contributed by atoms with Crippen LogP contribution < -0.4 is 10.1 Å². The molecule has 1 aliphatic rings. The van der Waals surface area contributed by atoms with Crippen LogP contribution in [0.4, 0.5) is 5.82 Å². The third-order valence-electron chi connectivity index (χ3n) is 5.42. The predicted molar refractivity (Wildman–Crippen MR) is 123 cm³/mol. The van der Waals surface area contributed by atoms with Crippen molar-refractivity contribution in [1.29, 1.82) is 0 Å². The number of thiophene rings is 1. The number of nitrogens with one attached hydrogen (secondary N) is 1. The van der Waals surface area contributed by atoms with Gasteiger partial charge in [-0.25, -0.2) is 9.97 Å². The van der Waals surface area contributed by atoms with Gasteiger partial charge in [-0.3, -0.25) is 0 Å². The van der Waals surface area contributed by atoms with E-state index < -0.39 is 0 Å². The van der Waals surface area contributed by atoms with Gasteiger partial charge in [0, 0.05) is 17.0 Å². The van der Waals surface area contributed by atoms with E-state index in [0.717, 1.165) is 40.6 Å². The van der Waals surface area contributed by atoms with Gasteiger partial charge in [-0.15, -0.1) is 11.3 Å². The number of ether oxygens (including phenoxy) is 1. The molecule has 0 aliphatic heterocycles. The highest BCUT2D eigenvalue weighted by Gasteiger charge is 2.18. The zero-order valence-corrected chi connectivity index (χ0v) is 18.4. The molecule has 29 heavy (non-hydrogen) atoms. The first-order valence-electron chi connectivity index (χ1n) is 10.6. The topological polar surface area (TPSA) is 47.0 Å². The lowest BCUT2D eigenvalue weighted by atomic mass is 9.97. The van der Waals surface area contributed by atoms with Crippen molar-refractivity contribution in [2.24, 2.45) is 0 Å². The van der Waals surface area contributed by atoms with Gasteiger partial charge in [0.15, 0.2) is 0 Å². The summed E-state index contributed by atoms with van der Waals surface area (Å²) in [7, 11) is 0. The normalized spacial score (nSPS) is 14.1. The minimum Gasteiger partial charge on any atom is -0.494 e. The second-order valence-corrected chi connectivity index (χ2v) is 8.78. The number of hydrogen-bond acceptors (Lipinski definition) is 5. The van der Waals surface area contributed by atoms with Crippen LogP contribution in [0.25, 0.3) is 21.3 Å². The summed E-state index contributed by atoms with van der Waals surface area (Å²) in [6.07, 6.45) is 8.65. The molecule has 2 heterocycles. The third-order valence-corrected chi connectivity index (χ3v) is 6.42. The summed E-state index contributed by atoms with van der Waals surface area (Å²) < 4.78 is 5.61. The van der Waals surface area contributed by atoms with Crippen molar-refractivity contribution in [3.63, 3.8) is 0 Å². The first-order chi connectivity index (χ1) is 14.2. The Morgan fingerprint density at radius 1 is 1.10 bits per heavy atom. The van der Waals surface area contributed by atoms with Gasteiger partial charge in [0.25, 0.3) is 0 Å². The van der Waals surface area contributed by atoms with Crippen molar-refractivity contribution in [1.82, 2.24) is 9.97 Å². The fraction of sp³-hybridized carbons (Fsp3) is 0.417. The van der Waals surface area contributed by atoms with Crippen LogP contribution in [0.3, 0.4) is 0 Å². The molecule has 4 nitrogen and oxygen atoms in total. The predicted octanol–water partition coefficient (Wildman–Crippen LogP) is 6.68. The van der Waals surface area contributed by atoms with E-state index in [1.807, 2.05) is 26.0 Å². The number of fused-ring (bicyclic) bond motifs is 1. The molecule has 0 bridgehead atoms. The average molecular weight is 408 g/mol. The molecule has 0 atom stereocenters. The van der Waals surface area contributed by atoms with Crippen molar-refractivity contribution in [2.75, 3.05) is 18.5 Å². The molecule has 0 fully saturated rings. The van der Waals surface area contributed by atoms with Crippen LogP contribution in [0.1, 0.15) is 49.7 Å². The molecule has 152 valence electrons. The average Bonchev–Trinajstić information content (AvgIpc) is 3.05. The Hall–Kier alpha value is -2.40. The van der Waals surface area contributed by atoms with Crippen LogP contribution >= 0.6 is 11.3 Å². The molecule has 3 aromatic rings. The van der Waals surface area contributed by atoms with Gasteiger partial charge in [-0.05, 0) is 70.6 Å². The number of benzene rings is 1. The van der Waals surface area contributed by atoms with Crippen LogP contribution in [0.2, 0.25) is 0 Å². The summed E-state index contributed by atoms with van der Waals surface area (Å²) in [5.41, 5.74) is 3.99. The van der Waals surface area contributed by atoms with Crippen molar-refractivity contribution in [3.05, 3.63) is 46.6 Å². The van der Waals surface area contributed by atoms with Crippen molar-refractivity contribution < 1.29 is 4.74 Å². The van der Waals surface area contributed by atoms with Crippen LogP contribution in [-0.2, 0) is 0 Å². The molecule has 2 aromatic heterocycles. The van der Waals surface area contributed by atoms with Crippen LogP contribution in [0, 0.1) is 13.8 Å². The number of nitrogens with zero attached hydrogens (tertiary/aromatic N) is 2. The lowest BCUT2D eigenvalue weighted by Gasteiger charge is -2.14. The van der Waals surface area contributed by atoms with Crippen LogP contribution in [0.5, 0.6) is 5.75 Å². The molecule has 0 saturated carbocycles. The Morgan fingerprint density at radius 3 is 2.66 bits per heavy atom. The number of aryl methyl sites for hydroxylation is 2. The Kier molecular flexibility index (Phi) is 6.14. The Morgan fingerprint density at radius 2 is 1.93 bits per heavy atom. The fourth-order valence-corrected chi connectivity index (χ4v) is 5.14. The molecule has 0 spiro atoms. The maximum Gasteiger partial charge on any atom is 0.139 e. The number of rotatable bonds is 7. The van der Waals surface area contributed by atoms with Crippen molar-refractivity contribution in [3.8, 4) is 16.9 Å². The van der Waals surface area contributed by atoms with Gasteiger partial charge in [0.2, 0.25) is 0 Å². The van der Waals surface area contributed by atoms with Gasteiger partial charge >= 0.3 is 0 Å². The minimum absolute atomic E-state index is 0.678. The molecule has 0 unspecified atom stereocenters. The summed E-state index contributed by atoms with van der Waals surface area (Å²) in [6.45, 7) is 7.74. The van der Waals surface area contributed by atoms with E-state index in [1.165, 1.54) is 41.7 Å². The van der Waals surface area contributed by atoms with Gasteiger partial charge in [-0.2, -0.15) is 0 Å². The minimum atomic E-state index is 0.678. The zero-order chi connectivity index (χ0) is 20.2. The van der Waals surface area contributed by atoms with E-state index in [4.69, 9.17) is 14.7 Å². The molecule has 4 rings (SSSR count). The summed E-state index contributed by atoms with van der Waals surface area (Å²) >= 11 is 1.74. The number of hydrogen-bond donors (Lipinski definition) is 1. The lowest BCUT2D eigenvalue weighted by Crippen LogP contribution is -2.07. The van der Waals surface area contributed by atoms with E-state index in [1.54, 1.807) is 16.9 Å². The highest BCUT2D eigenvalue weighted by atomic mass is 32.1. The second kappa shape index (κ2) is 8.95. The standard InChI is InChI=1S/C24H29N3OS/c1-4-28-20-12-10-19(11-13-20)21-16(2)29-24-22(21)23(26-17(3)27-24)25-15-14-18-8-6-5-7-9-18/h8,10-13H,4-7,9,14-15H2,1-3H3,(H,25,26,27). The smallest absolute Gasteiger partial charge is 0.139 e. The molecule has 0 radical (unpaired) electrons. The Bertz CT molecular complexity index is 1020. The second-order valence-electron chi connectivity index (χ2n) is 7.58. The molecular formula is C24H29N3OS. The van der Waals surface area contributed by atoms with Crippen molar-refractivity contribution >= 4 is 27.4 Å². The van der Waals surface area contributed by atoms with E-state index in [2.05, 4.69) is 30.4 Å².